The first kappa shape index (κ1) is 20.1. The van der Waals surface area contributed by atoms with Crippen LogP contribution in [-0.2, 0) is 18.3 Å². The fourth-order valence-corrected chi connectivity index (χ4v) is 3.92. The quantitative estimate of drug-likeness (QED) is 0.549. The zero-order valence-corrected chi connectivity index (χ0v) is 17.3. The van der Waals surface area contributed by atoms with Crippen LogP contribution in [0.5, 0.6) is 0 Å². The second kappa shape index (κ2) is 9.01. The molecule has 27 heavy (non-hydrogen) atoms. The van der Waals surface area contributed by atoms with Crippen molar-refractivity contribution in [3.05, 3.63) is 11.6 Å². The van der Waals surface area contributed by atoms with Gasteiger partial charge in [-0.15, -0.1) is 10.2 Å². The van der Waals surface area contributed by atoms with E-state index >= 15 is 0 Å². The maximum absolute atomic E-state index is 5.91. The van der Waals surface area contributed by atoms with Gasteiger partial charge in [0.2, 0.25) is 0 Å². The van der Waals surface area contributed by atoms with Crippen molar-refractivity contribution in [2.24, 2.45) is 12.0 Å². The number of rotatable bonds is 7. The third-order valence-electron chi connectivity index (χ3n) is 5.90. The first-order chi connectivity index (χ1) is 13.0. The molecule has 2 saturated heterocycles. The molecule has 3 heterocycles. The van der Waals surface area contributed by atoms with Crippen molar-refractivity contribution < 1.29 is 4.74 Å². The van der Waals surface area contributed by atoms with E-state index in [4.69, 9.17) is 9.73 Å². The van der Waals surface area contributed by atoms with Gasteiger partial charge in [0, 0.05) is 32.8 Å². The predicted octanol–water partition coefficient (Wildman–Crippen LogP) is 1.21. The van der Waals surface area contributed by atoms with Crippen LogP contribution in [0.4, 0.5) is 0 Å². The molecule has 2 fully saturated rings. The van der Waals surface area contributed by atoms with Gasteiger partial charge in [0.1, 0.15) is 12.4 Å². The van der Waals surface area contributed by atoms with Gasteiger partial charge in [-0.2, -0.15) is 0 Å². The van der Waals surface area contributed by atoms with E-state index in [-0.39, 0.29) is 5.60 Å². The lowest BCUT2D eigenvalue weighted by Crippen LogP contribution is -2.48. The van der Waals surface area contributed by atoms with Gasteiger partial charge in [-0.3, -0.25) is 4.90 Å². The summed E-state index contributed by atoms with van der Waals surface area (Å²) >= 11 is 0. The van der Waals surface area contributed by atoms with Crippen molar-refractivity contribution in [1.29, 1.82) is 0 Å². The van der Waals surface area contributed by atoms with Gasteiger partial charge in [0.05, 0.1) is 5.60 Å². The number of ether oxygens (including phenoxy) is 1. The maximum Gasteiger partial charge on any atom is 0.191 e. The number of aliphatic imine (C=N–C) groups is 1. The van der Waals surface area contributed by atoms with Gasteiger partial charge >= 0.3 is 0 Å². The summed E-state index contributed by atoms with van der Waals surface area (Å²) < 4.78 is 7.89. The fraction of sp³-hybridized carbons (Fsp3) is 0.842. The zero-order chi connectivity index (χ0) is 19.3. The molecular weight excluding hydrogens is 342 g/mol. The largest absolute Gasteiger partial charge is 0.373 e. The fourth-order valence-electron chi connectivity index (χ4n) is 3.92. The van der Waals surface area contributed by atoms with Gasteiger partial charge in [0.15, 0.2) is 11.8 Å². The van der Waals surface area contributed by atoms with E-state index in [1.54, 1.807) is 0 Å². The van der Waals surface area contributed by atoms with Gasteiger partial charge in [-0.1, -0.05) is 6.92 Å². The first-order valence-corrected chi connectivity index (χ1v) is 10.3. The normalized spacial score (nSPS) is 26.7. The van der Waals surface area contributed by atoms with Gasteiger partial charge in [-0.05, 0) is 52.6 Å². The molecule has 2 atom stereocenters. The number of likely N-dealkylation sites (tertiary alicyclic amines) is 1. The summed E-state index contributed by atoms with van der Waals surface area (Å²) in [6, 6.07) is 0.581. The Bertz CT molecular complexity index is 636. The van der Waals surface area contributed by atoms with Crippen LogP contribution in [0.15, 0.2) is 4.99 Å². The minimum Gasteiger partial charge on any atom is -0.373 e. The molecule has 0 aliphatic carbocycles. The Labute approximate surface area is 162 Å². The van der Waals surface area contributed by atoms with E-state index in [1.807, 2.05) is 18.5 Å². The van der Waals surface area contributed by atoms with E-state index in [2.05, 4.69) is 39.6 Å². The molecule has 2 unspecified atom stereocenters. The average molecular weight is 378 g/mol. The Balaban J connectivity index is 1.61. The summed E-state index contributed by atoms with van der Waals surface area (Å²) in [6.45, 7) is 11.7. The minimum atomic E-state index is -0.105. The molecule has 0 radical (unpaired) electrons. The number of aromatic nitrogens is 3. The minimum absolute atomic E-state index is 0.105. The van der Waals surface area contributed by atoms with E-state index in [1.165, 1.54) is 19.4 Å². The Morgan fingerprint density at radius 2 is 2.19 bits per heavy atom. The lowest BCUT2D eigenvalue weighted by molar-refractivity contribution is 0.0242. The summed E-state index contributed by atoms with van der Waals surface area (Å²) in [7, 11) is 1.98. The molecule has 0 amide bonds. The second-order valence-corrected chi connectivity index (χ2v) is 7.95. The van der Waals surface area contributed by atoms with E-state index in [9.17, 15) is 0 Å². The highest BCUT2D eigenvalue weighted by atomic mass is 16.5. The second-order valence-electron chi connectivity index (χ2n) is 7.95. The molecular formula is C19H35N7O. The number of guanidine groups is 1. The first-order valence-electron chi connectivity index (χ1n) is 10.3. The topological polar surface area (TPSA) is 79.6 Å². The van der Waals surface area contributed by atoms with Crippen molar-refractivity contribution >= 4 is 5.96 Å². The molecule has 1 aromatic rings. The summed E-state index contributed by atoms with van der Waals surface area (Å²) in [5.41, 5.74) is -0.105. The van der Waals surface area contributed by atoms with Crippen LogP contribution >= 0.6 is 0 Å². The molecule has 152 valence electrons. The number of hydrogen-bond acceptors (Lipinski definition) is 5. The molecule has 0 spiro atoms. The van der Waals surface area contributed by atoms with E-state index in [0.29, 0.717) is 12.6 Å². The molecule has 8 heteroatoms. The predicted molar refractivity (Wildman–Crippen MR) is 107 cm³/mol. The van der Waals surface area contributed by atoms with Crippen LogP contribution in [0.2, 0.25) is 0 Å². The Morgan fingerprint density at radius 1 is 1.33 bits per heavy atom. The number of aryl methyl sites for hydroxylation is 1. The van der Waals surface area contributed by atoms with Crippen molar-refractivity contribution in [3.63, 3.8) is 0 Å². The molecule has 0 saturated carbocycles. The van der Waals surface area contributed by atoms with Crippen molar-refractivity contribution in [2.75, 3.05) is 32.8 Å². The van der Waals surface area contributed by atoms with Crippen LogP contribution in [0.25, 0.3) is 0 Å². The van der Waals surface area contributed by atoms with Crippen LogP contribution in [0.3, 0.4) is 0 Å². The molecule has 2 N–H and O–H groups in total. The number of nitrogens with one attached hydrogen (secondary N) is 2. The van der Waals surface area contributed by atoms with Crippen molar-refractivity contribution in [1.82, 2.24) is 30.3 Å². The molecule has 2 aliphatic heterocycles. The maximum atomic E-state index is 5.91. The number of likely N-dealkylation sites (N-methyl/N-ethyl adjacent to an activating group) is 1. The van der Waals surface area contributed by atoms with Crippen LogP contribution in [-0.4, -0.2) is 70.1 Å². The average Bonchev–Trinajstić information content (AvgIpc) is 3.37. The van der Waals surface area contributed by atoms with Crippen LogP contribution < -0.4 is 10.6 Å². The third-order valence-corrected chi connectivity index (χ3v) is 5.90. The molecule has 0 aromatic carbocycles. The highest BCUT2D eigenvalue weighted by Gasteiger charge is 2.30. The van der Waals surface area contributed by atoms with Crippen molar-refractivity contribution in [2.45, 2.75) is 64.6 Å². The summed E-state index contributed by atoms with van der Waals surface area (Å²) in [6.07, 6.45) is 4.74. The lowest BCUT2D eigenvalue weighted by Gasteiger charge is -2.27. The molecule has 2 aliphatic rings. The SMILES string of the molecule is CCN1CCCC1CNC(=NCc1nnc(C)n1C)NCC1(C)CCCO1. The lowest BCUT2D eigenvalue weighted by atomic mass is 10.0. The zero-order valence-electron chi connectivity index (χ0n) is 17.3. The third kappa shape index (κ3) is 5.19. The Morgan fingerprint density at radius 3 is 2.85 bits per heavy atom. The van der Waals surface area contributed by atoms with Gasteiger partial charge < -0.3 is 19.9 Å². The molecule has 1 aromatic heterocycles. The Hall–Kier alpha value is -1.67. The highest BCUT2D eigenvalue weighted by molar-refractivity contribution is 5.79. The van der Waals surface area contributed by atoms with Crippen LogP contribution in [0, 0.1) is 6.92 Å². The van der Waals surface area contributed by atoms with Crippen LogP contribution in [0.1, 0.15) is 51.2 Å². The van der Waals surface area contributed by atoms with E-state index in [0.717, 1.165) is 56.7 Å². The van der Waals surface area contributed by atoms with Gasteiger partial charge in [0.25, 0.3) is 0 Å². The summed E-state index contributed by atoms with van der Waals surface area (Å²) in [5, 5.41) is 15.4. The number of hydrogen-bond donors (Lipinski definition) is 2. The van der Waals surface area contributed by atoms with E-state index < -0.39 is 0 Å². The monoisotopic (exact) mass is 377 g/mol. The van der Waals surface area contributed by atoms with Crippen molar-refractivity contribution in [3.8, 4) is 0 Å². The van der Waals surface area contributed by atoms with Gasteiger partial charge in [-0.25, -0.2) is 4.99 Å². The molecule has 3 rings (SSSR count). The molecule has 8 nitrogen and oxygen atoms in total. The number of nitrogens with zero attached hydrogens (tertiary/aromatic N) is 5. The Kier molecular flexibility index (Phi) is 6.70. The standard InChI is InChI=1S/C19H35N7O/c1-5-26-10-6-8-16(26)12-20-18(22-14-19(3)9-7-11-27-19)21-13-17-24-23-15(2)25(17)4/h16H,5-14H2,1-4H3,(H2,20,21,22). The highest BCUT2D eigenvalue weighted by Crippen LogP contribution is 2.23. The summed E-state index contributed by atoms with van der Waals surface area (Å²) in [4.78, 5) is 7.31. The summed E-state index contributed by atoms with van der Waals surface area (Å²) in [5.74, 6) is 2.60. The molecule has 0 bridgehead atoms. The smallest absolute Gasteiger partial charge is 0.191 e.